The molecule has 0 radical (unpaired) electrons. The lowest BCUT2D eigenvalue weighted by molar-refractivity contribution is -0.274. The monoisotopic (exact) mass is 438 g/mol. The average Bonchev–Trinajstić information content (AvgIpc) is 2.71. The van der Waals surface area contributed by atoms with Crippen LogP contribution in [0.3, 0.4) is 0 Å². The van der Waals surface area contributed by atoms with E-state index in [1.165, 1.54) is 24.5 Å². The van der Waals surface area contributed by atoms with Crippen molar-refractivity contribution < 1.29 is 27.4 Å². The molecule has 31 heavy (non-hydrogen) atoms. The van der Waals surface area contributed by atoms with Gasteiger partial charge in [-0.3, -0.25) is 0 Å². The normalized spacial score (nSPS) is 18.2. The zero-order chi connectivity index (χ0) is 22.1. The van der Waals surface area contributed by atoms with Crippen molar-refractivity contribution in [1.82, 2.24) is 14.9 Å². The van der Waals surface area contributed by atoms with Crippen LogP contribution < -0.4 is 9.64 Å². The van der Waals surface area contributed by atoms with Gasteiger partial charge in [-0.25, -0.2) is 14.8 Å². The number of anilines is 1. The fourth-order valence-electron chi connectivity index (χ4n) is 4.26. The Hall–Kier alpha value is -2.78. The third kappa shape index (κ3) is 4.77. The minimum absolute atomic E-state index is 0.0809. The molecule has 1 aromatic heterocycles. The second-order valence-corrected chi connectivity index (χ2v) is 8.24. The number of piperidine rings is 1. The summed E-state index contributed by atoms with van der Waals surface area (Å²) in [6, 6.07) is 4.08. The number of ether oxygens (including phenoxy) is 2. The molecule has 7 nitrogen and oxygen atoms in total. The van der Waals surface area contributed by atoms with Crippen molar-refractivity contribution in [1.29, 1.82) is 0 Å². The molecule has 0 aliphatic carbocycles. The topological polar surface area (TPSA) is 67.8 Å². The van der Waals surface area contributed by atoms with Gasteiger partial charge in [0.15, 0.2) is 0 Å². The maximum absolute atomic E-state index is 12.6. The second-order valence-electron chi connectivity index (χ2n) is 8.24. The summed E-state index contributed by atoms with van der Waals surface area (Å²) in [6.45, 7) is 5.27. The molecule has 10 heteroatoms. The molecule has 4 rings (SSSR count). The molecule has 1 spiro atoms. The van der Waals surface area contributed by atoms with Crippen LogP contribution in [0.2, 0.25) is 0 Å². The Bertz CT molecular complexity index is 937. The third-order valence-corrected chi connectivity index (χ3v) is 5.98. The molecule has 2 aliphatic rings. The van der Waals surface area contributed by atoms with E-state index in [2.05, 4.69) is 19.6 Å². The van der Waals surface area contributed by atoms with Crippen LogP contribution in [0.5, 0.6) is 5.75 Å². The quantitative estimate of drug-likeness (QED) is 0.646. The lowest BCUT2D eigenvalue weighted by Crippen LogP contribution is -2.61. The second kappa shape index (κ2) is 8.39. The zero-order valence-electron chi connectivity index (χ0n) is 17.3. The summed E-state index contributed by atoms with van der Waals surface area (Å²) in [6.07, 6.45) is -0.0269. The number of rotatable bonds is 5. The van der Waals surface area contributed by atoms with Crippen molar-refractivity contribution in [2.45, 2.75) is 39.0 Å². The van der Waals surface area contributed by atoms with Gasteiger partial charge in [-0.1, -0.05) is 13.3 Å². The number of likely N-dealkylation sites (tertiary alicyclic amines) is 1. The summed E-state index contributed by atoms with van der Waals surface area (Å²) < 4.78 is 47.1. The van der Waals surface area contributed by atoms with Gasteiger partial charge in [0.05, 0.1) is 12.1 Å². The molecular weight excluding hydrogens is 413 g/mol. The van der Waals surface area contributed by atoms with Crippen molar-refractivity contribution in [3.63, 3.8) is 0 Å². The predicted octanol–water partition coefficient (Wildman–Crippen LogP) is 4.37. The van der Waals surface area contributed by atoms with E-state index in [9.17, 15) is 18.0 Å². The van der Waals surface area contributed by atoms with Crippen molar-refractivity contribution >= 4 is 22.8 Å². The fourth-order valence-corrected chi connectivity index (χ4v) is 4.26. The largest absolute Gasteiger partial charge is 0.573 e. The molecule has 3 heterocycles. The van der Waals surface area contributed by atoms with E-state index in [1.54, 1.807) is 4.90 Å². The number of unbranched alkanes of at least 4 members (excludes halogenated alkanes) is 1. The van der Waals surface area contributed by atoms with E-state index < -0.39 is 6.36 Å². The molecule has 2 aromatic rings. The standard InChI is InChI=1S/C21H25F3N4O3/c1-2-3-10-30-19(29)27-8-6-20(7-9-27)12-28(13-20)18-16-11-15(31-21(22,23)24)4-5-17(16)25-14-26-18/h4-5,11,14H,2-3,6-10,12-13H2,1H3. The van der Waals surface area contributed by atoms with Crippen molar-refractivity contribution in [2.24, 2.45) is 5.41 Å². The number of hydrogen-bond acceptors (Lipinski definition) is 6. The molecule has 2 aliphatic heterocycles. The first kappa shape index (κ1) is 21.5. The highest BCUT2D eigenvalue weighted by molar-refractivity contribution is 5.90. The van der Waals surface area contributed by atoms with E-state index in [-0.39, 0.29) is 17.3 Å². The Morgan fingerprint density at radius 2 is 1.94 bits per heavy atom. The van der Waals surface area contributed by atoms with E-state index in [0.717, 1.165) is 38.8 Å². The Balaban J connectivity index is 1.40. The summed E-state index contributed by atoms with van der Waals surface area (Å²) in [5.74, 6) is 0.311. The summed E-state index contributed by atoms with van der Waals surface area (Å²) in [4.78, 5) is 24.4. The number of aromatic nitrogens is 2. The van der Waals surface area contributed by atoms with Gasteiger partial charge in [0.25, 0.3) is 0 Å². The van der Waals surface area contributed by atoms with Gasteiger partial charge in [0.2, 0.25) is 0 Å². The molecule has 0 N–H and O–H groups in total. The van der Waals surface area contributed by atoms with Crippen LogP contribution in [0.4, 0.5) is 23.8 Å². The minimum Gasteiger partial charge on any atom is -0.449 e. The van der Waals surface area contributed by atoms with Gasteiger partial charge >= 0.3 is 12.5 Å². The van der Waals surface area contributed by atoms with Crippen LogP contribution in [-0.4, -0.2) is 60.1 Å². The van der Waals surface area contributed by atoms with Gasteiger partial charge in [-0.05, 0) is 37.5 Å². The van der Waals surface area contributed by atoms with Crippen LogP contribution >= 0.6 is 0 Å². The molecule has 0 bridgehead atoms. The van der Waals surface area contributed by atoms with E-state index in [0.29, 0.717) is 36.4 Å². The van der Waals surface area contributed by atoms with Gasteiger partial charge in [0.1, 0.15) is 17.9 Å². The molecule has 2 fully saturated rings. The predicted molar refractivity (Wildman–Crippen MR) is 108 cm³/mol. The summed E-state index contributed by atoms with van der Waals surface area (Å²) >= 11 is 0. The number of carbonyl (C=O) groups excluding carboxylic acids is 1. The first-order valence-corrected chi connectivity index (χ1v) is 10.5. The SMILES string of the molecule is CCCCOC(=O)N1CCC2(CC1)CN(c1ncnc3ccc(OC(F)(F)F)cc13)C2. The van der Waals surface area contributed by atoms with Crippen molar-refractivity contribution in [3.8, 4) is 5.75 Å². The van der Waals surface area contributed by atoms with Crippen molar-refractivity contribution in [3.05, 3.63) is 24.5 Å². The number of halogens is 3. The number of carbonyl (C=O) groups is 1. The van der Waals surface area contributed by atoms with Gasteiger partial charge in [-0.15, -0.1) is 13.2 Å². The lowest BCUT2D eigenvalue weighted by atomic mass is 9.72. The molecule has 168 valence electrons. The fraction of sp³-hybridized carbons (Fsp3) is 0.571. The minimum atomic E-state index is -4.75. The maximum Gasteiger partial charge on any atom is 0.573 e. The van der Waals surface area contributed by atoms with E-state index in [1.807, 2.05) is 6.92 Å². The number of fused-ring (bicyclic) bond motifs is 1. The number of benzene rings is 1. The van der Waals surface area contributed by atoms with Crippen LogP contribution in [0, 0.1) is 5.41 Å². The smallest absolute Gasteiger partial charge is 0.449 e. The number of hydrogen-bond donors (Lipinski definition) is 0. The zero-order valence-corrected chi connectivity index (χ0v) is 17.3. The van der Waals surface area contributed by atoms with Crippen LogP contribution in [0.1, 0.15) is 32.6 Å². The highest BCUT2D eigenvalue weighted by atomic mass is 19.4. The summed E-state index contributed by atoms with van der Waals surface area (Å²) in [5.41, 5.74) is 0.641. The highest BCUT2D eigenvalue weighted by Gasteiger charge is 2.46. The number of amides is 1. The molecular formula is C21H25F3N4O3. The summed E-state index contributed by atoms with van der Waals surface area (Å²) in [5, 5.41) is 0.524. The van der Waals surface area contributed by atoms with Gasteiger partial charge < -0.3 is 19.3 Å². The average molecular weight is 438 g/mol. The first-order chi connectivity index (χ1) is 14.8. The van der Waals surface area contributed by atoms with Gasteiger partial charge in [-0.2, -0.15) is 0 Å². The molecule has 2 saturated heterocycles. The Labute approximate surface area is 178 Å². The molecule has 0 atom stereocenters. The Morgan fingerprint density at radius 1 is 1.19 bits per heavy atom. The molecule has 0 unspecified atom stereocenters. The Morgan fingerprint density at radius 3 is 2.61 bits per heavy atom. The lowest BCUT2D eigenvalue weighted by Gasteiger charge is -2.54. The molecule has 1 amide bonds. The first-order valence-electron chi connectivity index (χ1n) is 10.5. The van der Waals surface area contributed by atoms with Crippen LogP contribution in [0.15, 0.2) is 24.5 Å². The van der Waals surface area contributed by atoms with Gasteiger partial charge in [0, 0.05) is 37.0 Å². The van der Waals surface area contributed by atoms with E-state index >= 15 is 0 Å². The van der Waals surface area contributed by atoms with Crippen LogP contribution in [0.25, 0.3) is 10.9 Å². The van der Waals surface area contributed by atoms with Crippen molar-refractivity contribution in [2.75, 3.05) is 37.7 Å². The number of alkyl halides is 3. The van der Waals surface area contributed by atoms with Crippen LogP contribution in [-0.2, 0) is 4.74 Å². The molecule has 0 saturated carbocycles. The molecule has 1 aromatic carbocycles. The van der Waals surface area contributed by atoms with E-state index in [4.69, 9.17) is 4.74 Å². The number of nitrogens with zero attached hydrogens (tertiary/aromatic N) is 4. The Kier molecular flexibility index (Phi) is 5.81. The maximum atomic E-state index is 12.6. The third-order valence-electron chi connectivity index (χ3n) is 5.98. The summed E-state index contributed by atoms with van der Waals surface area (Å²) in [7, 11) is 0. The highest BCUT2D eigenvalue weighted by Crippen LogP contribution is 2.44.